The van der Waals surface area contributed by atoms with Crippen molar-refractivity contribution in [2.24, 2.45) is 5.41 Å². The number of nitrogens with zero attached hydrogens (tertiary/aromatic N) is 1. The lowest BCUT2D eigenvalue weighted by Crippen LogP contribution is -2.47. The van der Waals surface area contributed by atoms with Crippen molar-refractivity contribution in [2.45, 2.75) is 32.6 Å². The third kappa shape index (κ3) is 2.69. The Bertz CT molecular complexity index is 466. The summed E-state index contributed by atoms with van der Waals surface area (Å²) in [5.41, 5.74) is 0.0150. The van der Waals surface area contributed by atoms with Crippen LogP contribution in [0.15, 0.2) is 5.38 Å². The molecule has 1 amide bonds. The van der Waals surface area contributed by atoms with Gasteiger partial charge in [-0.05, 0) is 19.8 Å². The number of hydrogen-bond donors (Lipinski definition) is 2. The van der Waals surface area contributed by atoms with Crippen LogP contribution in [0, 0.1) is 12.3 Å². The van der Waals surface area contributed by atoms with Crippen molar-refractivity contribution in [3.8, 4) is 0 Å². The van der Waals surface area contributed by atoms with E-state index in [1.54, 1.807) is 0 Å². The first-order chi connectivity index (χ1) is 8.52. The minimum atomic E-state index is -0.807. The van der Waals surface area contributed by atoms with Crippen molar-refractivity contribution >= 4 is 23.2 Å². The Morgan fingerprint density at radius 3 is 2.72 bits per heavy atom. The molecular formula is C12H16N2O3S. The Kier molecular flexibility index (Phi) is 3.65. The Labute approximate surface area is 109 Å². The summed E-state index contributed by atoms with van der Waals surface area (Å²) in [6.07, 6.45) is 2.45. The van der Waals surface area contributed by atoms with Crippen LogP contribution in [0.1, 0.15) is 30.0 Å². The van der Waals surface area contributed by atoms with Gasteiger partial charge < -0.3 is 10.4 Å². The van der Waals surface area contributed by atoms with Gasteiger partial charge in [-0.3, -0.25) is 9.59 Å². The van der Waals surface area contributed by atoms with Crippen LogP contribution in [0.5, 0.6) is 0 Å². The second-order valence-corrected chi connectivity index (χ2v) is 5.81. The number of thiazole rings is 1. The maximum Gasteiger partial charge on any atom is 0.311 e. The van der Waals surface area contributed by atoms with Crippen LogP contribution in [0.25, 0.3) is 0 Å². The zero-order valence-corrected chi connectivity index (χ0v) is 11.0. The van der Waals surface area contributed by atoms with Crippen molar-refractivity contribution in [1.29, 1.82) is 0 Å². The number of aryl methyl sites for hydroxylation is 1. The van der Waals surface area contributed by atoms with E-state index in [9.17, 15) is 9.59 Å². The van der Waals surface area contributed by atoms with E-state index in [1.165, 1.54) is 11.3 Å². The number of hydrogen-bond acceptors (Lipinski definition) is 4. The molecule has 0 saturated heterocycles. The molecule has 18 heavy (non-hydrogen) atoms. The fraction of sp³-hybridized carbons (Fsp3) is 0.583. The summed E-state index contributed by atoms with van der Waals surface area (Å²) in [5, 5.41) is 14.6. The van der Waals surface area contributed by atoms with Crippen LogP contribution in [0.4, 0.5) is 0 Å². The lowest BCUT2D eigenvalue weighted by Gasteiger charge is -2.37. The highest BCUT2D eigenvalue weighted by atomic mass is 32.1. The Morgan fingerprint density at radius 2 is 2.28 bits per heavy atom. The number of carbonyl (C=O) groups excluding carboxylic acids is 1. The molecule has 0 spiro atoms. The highest BCUT2D eigenvalue weighted by molar-refractivity contribution is 7.09. The first-order valence-corrected chi connectivity index (χ1v) is 6.81. The van der Waals surface area contributed by atoms with Gasteiger partial charge in [0.05, 0.1) is 22.5 Å². The molecule has 1 saturated carbocycles. The maximum atomic E-state index is 11.7. The van der Waals surface area contributed by atoms with Gasteiger partial charge in [-0.25, -0.2) is 4.98 Å². The molecule has 0 atom stereocenters. The number of carboxylic acids is 1. The van der Waals surface area contributed by atoms with E-state index in [-0.39, 0.29) is 18.9 Å². The van der Waals surface area contributed by atoms with Gasteiger partial charge in [0.1, 0.15) is 0 Å². The van der Waals surface area contributed by atoms with Crippen molar-refractivity contribution in [3.05, 3.63) is 16.1 Å². The fourth-order valence-corrected chi connectivity index (χ4v) is 2.67. The quantitative estimate of drug-likeness (QED) is 0.845. The molecule has 1 aromatic heterocycles. The molecule has 6 heteroatoms. The van der Waals surface area contributed by atoms with Crippen LogP contribution in [-0.2, 0) is 16.0 Å². The minimum absolute atomic E-state index is 0.159. The normalized spacial score (nSPS) is 16.9. The second-order valence-electron chi connectivity index (χ2n) is 4.75. The van der Waals surface area contributed by atoms with Gasteiger partial charge >= 0.3 is 5.97 Å². The van der Waals surface area contributed by atoms with E-state index < -0.39 is 11.4 Å². The van der Waals surface area contributed by atoms with Crippen molar-refractivity contribution in [3.63, 3.8) is 0 Å². The Balaban J connectivity index is 1.83. The summed E-state index contributed by atoms with van der Waals surface area (Å²) in [6, 6.07) is 0. The van der Waals surface area contributed by atoms with Gasteiger partial charge in [-0.1, -0.05) is 6.42 Å². The minimum Gasteiger partial charge on any atom is -0.481 e. The van der Waals surface area contributed by atoms with E-state index in [2.05, 4.69) is 10.3 Å². The molecule has 5 nitrogen and oxygen atoms in total. The first-order valence-electron chi connectivity index (χ1n) is 5.93. The number of carbonyl (C=O) groups is 2. The zero-order valence-electron chi connectivity index (χ0n) is 10.2. The fourth-order valence-electron chi connectivity index (χ4n) is 2.05. The smallest absolute Gasteiger partial charge is 0.311 e. The summed E-state index contributed by atoms with van der Waals surface area (Å²) in [4.78, 5) is 27.0. The van der Waals surface area contributed by atoms with Crippen LogP contribution in [-0.4, -0.2) is 28.5 Å². The standard InChI is InChI=1S/C12H16N2O3S/c1-8-14-9(6-18-8)5-10(15)13-7-12(11(16)17)3-2-4-12/h6H,2-5,7H2,1H3,(H,13,15)(H,16,17). The maximum absolute atomic E-state index is 11.7. The lowest BCUT2D eigenvalue weighted by molar-refractivity contribution is -0.154. The molecule has 0 radical (unpaired) electrons. The third-order valence-electron chi connectivity index (χ3n) is 3.40. The van der Waals surface area contributed by atoms with E-state index in [0.717, 1.165) is 17.1 Å². The van der Waals surface area contributed by atoms with Gasteiger partial charge in [-0.2, -0.15) is 0 Å². The van der Waals surface area contributed by atoms with Gasteiger partial charge in [0.15, 0.2) is 0 Å². The predicted octanol–water partition coefficient (Wildman–Crippen LogP) is 1.37. The molecule has 0 aliphatic heterocycles. The van der Waals surface area contributed by atoms with Crippen molar-refractivity contribution in [2.75, 3.05) is 6.54 Å². The van der Waals surface area contributed by atoms with E-state index in [4.69, 9.17) is 5.11 Å². The molecule has 1 aromatic rings. The number of aliphatic carboxylic acids is 1. The first kappa shape index (κ1) is 13.0. The molecule has 98 valence electrons. The largest absolute Gasteiger partial charge is 0.481 e. The van der Waals surface area contributed by atoms with Crippen LogP contribution >= 0.6 is 11.3 Å². The van der Waals surface area contributed by atoms with Crippen LogP contribution in [0.2, 0.25) is 0 Å². The third-order valence-corrected chi connectivity index (χ3v) is 4.22. The molecule has 0 unspecified atom stereocenters. The molecule has 0 aromatic carbocycles. The predicted molar refractivity (Wildman–Crippen MR) is 67.5 cm³/mol. The van der Waals surface area contributed by atoms with Crippen LogP contribution < -0.4 is 5.32 Å². The molecule has 1 heterocycles. The molecule has 1 fully saturated rings. The van der Waals surface area contributed by atoms with Gasteiger partial charge in [0, 0.05) is 11.9 Å². The van der Waals surface area contributed by atoms with E-state index in [0.29, 0.717) is 12.8 Å². The van der Waals surface area contributed by atoms with Gasteiger partial charge in [0.2, 0.25) is 5.91 Å². The SMILES string of the molecule is Cc1nc(CC(=O)NCC2(C(=O)O)CCC2)cs1. The Hall–Kier alpha value is -1.43. The summed E-state index contributed by atoms with van der Waals surface area (Å²) in [6.45, 7) is 2.12. The second kappa shape index (κ2) is 5.06. The summed E-state index contributed by atoms with van der Waals surface area (Å²) in [5.74, 6) is -0.966. The van der Waals surface area contributed by atoms with Gasteiger partial charge in [0.25, 0.3) is 0 Å². The number of aromatic nitrogens is 1. The van der Waals surface area contributed by atoms with Crippen molar-refractivity contribution in [1.82, 2.24) is 10.3 Å². The molecule has 2 N–H and O–H groups in total. The zero-order chi connectivity index (χ0) is 13.2. The summed E-state index contributed by atoms with van der Waals surface area (Å²) >= 11 is 1.51. The molecular weight excluding hydrogens is 252 g/mol. The highest BCUT2D eigenvalue weighted by Gasteiger charge is 2.44. The molecule has 2 rings (SSSR count). The number of nitrogens with one attached hydrogen (secondary N) is 1. The average Bonchev–Trinajstić information content (AvgIpc) is 2.61. The van der Waals surface area contributed by atoms with Crippen molar-refractivity contribution < 1.29 is 14.7 Å². The summed E-state index contributed by atoms with van der Waals surface area (Å²) < 4.78 is 0. The molecule has 0 bridgehead atoms. The lowest BCUT2D eigenvalue weighted by atomic mass is 9.69. The monoisotopic (exact) mass is 268 g/mol. The molecule has 1 aliphatic carbocycles. The van der Waals surface area contributed by atoms with Crippen LogP contribution in [0.3, 0.4) is 0 Å². The average molecular weight is 268 g/mol. The molecule has 1 aliphatic rings. The van der Waals surface area contributed by atoms with Gasteiger partial charge in [-0.15, -0.1) is 11.3 Å². The number of rotatable bonds is 5. The number of carboxylic acid groups (broad SMARTS) is 1. The number of amides is 1. The highest BCUT2D eigenvalue weighted by Crippen LogP contribution is 2.40. The van der Waals surface area contributed by atoms with E-state index >= 15 is 0 Å². The Morgan fingerprint density at radius 1 is 1.56 bits per heavy atom. The van der Waals surface area contributed by atoms with E-state index in [1.807, 2.05) is 12.3 Å². The topological polar surface area (TPSA) is 79.3 Å². The summed E-state index contributed by atoms with van der Waals surface area (Å²) in [7, 11) is 0.